The van der Waals surface area contributed by atoms with E-state index >= 15 is 0 Å². The second kappa shape index (κ2) is 5.99. The molecule has 0 radical (unpaired) electrons. The Morgan fingerprint density at radius 2 is 2.08 bits per heavy atom. The highest BCUT2D eigenvalue weighted by molar-refractivity contribution is 5.79. The van der Waals surface area contributed by atoms with Gasteiger partial charge >= 0.3 is 6.09 Å². The zero-order valence-electron chi connectivity index (χ0n) is 12.7. The molecule has 3 aromatic rings. The first-order valence-corrected chi connectivity index (χ1v) is 7.00. The fourth-order valence-electron chi connectivity index (χ4n) is 2.35. The number of H-pyrrole nitrogens is 1. The van der Waals surface area contributed by atoms with Crippen LogP contribution in [0.25, 0.3) is 22.6 Å². The minimum absolute atomic E-state index is 0.1000. The van der Waals surface area contributed by atoms with E-state index < -0.39 is 11.9 Å². The Bertz CT molecular complexity index is 923. The molecule has 0 bridgehead atoms. The number of hydrogen-bond donors (Lipinski definition) is 3. The van der Waals surface area contributed by atoms with E-state index in [0.717, 1.165) is 5.56 Å². The van der Waals surface area contributed by atoms with Crippen molar-refractivity contribution in [2.75, 3.05) is 5.73 Å². The number of ether oxygens (including phenoxy) is 1. The Morgan fingerprint density at radius 3 is 2.79 bits per heavy atom. The fraction of sp³-hybridized carbons (Fsp3) is 0.0625. The Labute approximate surface area is 136 Å². The zero-order chi connectivity index (χ0) is 17.3. The lowest BCUT2D eigenvalue weighted by Crippen LogP contribution is -2.16. The van der Waals surface area contributed by atoms with Crippen molar-refractivity contribution in [3.63, 3.8) is 0 Å². The maximum Gasteiger partial charge on any atom is 0.410 e. The largest absolute Gasteiger partial charge is 0.410 e. The third-order valence-electron chi connectivity index (χ3n) is 3.41. The molecule has 0 aliphatic rings. The quantitative estimate of drug-likeness (QED) is 0.683. The molecular formula is C16H14FN5O2. The van der Waals surface area contributed by atoms with E-state index in [2.05, 4.69) is 15.0 Å². The molecule has 1 aromatic carbocycles. The van der Waals surface area contributed by atoms with Crippen LogP contribution in [0.15, 0.2) is 36.5 Å². The van der Waals surface area contributed by atoms with Crippen molar-refractivity contribution in [1.82, 2.24) is 15.0 Å². The van der Waals surface area contributed by atoms with Crippen LogP contribution in [0.3, 0.4) is 0 Å². The molecule has 0 atom stereocenters. The lowest BCUT2D eigenvalue weighted by Gasteiger charge is -2.07. The molecule has 122 valence electrons. The summed E-state index contributed by atoms with van der Waals surface area (Å²) in [6.07, 6.45) is 0.526. The van der Waals surface area contributed by atoms with Crippen LogP contribution < -0.4 is 16.2 Å². The second-order valence-corrected chi connectivity index (χ2v) is 5.10. The van der Waals surface area contributed by atoms with Crippen LogP contribution in [0.2, 0.25) is 0 Å². The van der Waals surface area contributed by atoms with Gasteiger partial charge in [-0.3, -0.25) is 0 Å². The lowest BCUT2D eigenvalue weighted by atomic mass is 10.1. The second-order valence-electron chi connectivity index (χ2n) is 5.10. The molecule has 8 heteroatoms. The van der Waals surface area contributed by atoms with Gasteiger partial charge in [-0.15, -0.1) is 0 Å². The van der Waals surface area contributed by atoms with Crippen LogP contribution in [0.1, 0.15) is 5.56 Å². The number of halogens is 1. The predicted molar refractivity (Wildman–Crippen MR) is 86.6 cm³/mol. The summed E-state index contributed by atoms with van der Waals surface area (Å²) in [4.78, 5) is 22.2. The number of nitrogens with one attached hydrogen (secondary N) is 1. The molecule has 0 unspecified atom stereocenters. The van der Waals surface area contributed by atoms with E-state index in [9.17, 15) is 9.18 Å². The summed E-state index contributed by atoms with van der Waals surface area (Å²) in [5.74, 6) is -0.144. The van der Waals surface area contributed by atoms with Gasteiger partial charge in [0.15, 0.2) is 5.75 Å². The number of aryl methyl sites for hydroxylation is 1. The molecular weight excluding hydrogens is 313 g/mol. The number of rotatable bonds is 3. The van der Waals surface area contributed by atoms with E-state index in [-0.39, 0.29) is 11.7 Å². The first-order chi connectivity index (χ1) is 11.4. The number of nitrogens with two attached hydrogens (primary N) is 2. The summed E-state index contributed by atoms with van der Waals surface area (Å²) < 4.78 is 18.7. The lowest BCUT2D eigenvalue weighted by molar-refractivity contribution is 0.211. The van der Waals surface area contributed by atoms with Gasteiger partial charge in [0, 0.05) is 17.8 Å². The van der Waals surface area contributed by atoms with Crippen LogP contribution in [0, 0.1) is 12.7 Å². The maximum atomic E-state index is 13.6. The highest BCUT2D eigenvalue weighted by Crippen LogP contribution is 2.36. The molecule has 2 aromatic heterocycles. The normalized spacial score (nSPS) is 10.6. The van der Waals surface area contributed by atoms with Crippen LogP contribution in [0.4, 0.5) is 15.1 Å². The average molecular weight is 327 g/mol. The summed E-state index contributed by atoms with van der Waals surface area (Å²) in [6, 6.07) is 7.50. The average Bonchev–Trinajstić information content (AvgIpc) is 2.92. The zero-order valence-corrected chi connectivity index (χ0v) is 12.7. The molecule has 0 aliphatic heterocycles. The van der Waals surface area contributed by atoms with Gasteiger partial charge in [-0.05, 0) is 30.7 Å². The standard InChI is InChI=1S/C16H14FN5O2/c1-8-2-3-9(17)6-10(8)14-13(24-16(19)23)7-12(21-14)11-4-5-20-15(18)22-11/h2-7,21H,1H3,(H2,19,23)(H2,18,20,22). The van der Waals surface area contributed by atoms with Gasteiger partial charge in [0.05, 0.1) is 17.1 Å². The highest BCUT2D eigenvalue weighted by atomic mass is 19.1. The van der Waals surface area contributed by atoms with Gasteiger partial charge in [0.1, 0.15) is 5.82 Å². The highest BCUT2D eigenvalue weighted by Gasteiger charge is 2.17. The van der Waals surface area contributed by atoms with E-state index in [1.165, 1.54) is 18.3 Å². The van der Waals surface area contributed by atoms with E-state index in [0.29, 0.717) is 22.6 Å². The minimum Gasteiger partial charge on any atom is -0.408 e. The number of hydrogen-bond acceptors (Lipinski definition) is 5. The Morgan fingerprint density at radius 1 is 1.29 bits per heavy atom. The fourth-order valence-corrected chi connectivity index (χ4v) is 2.35. The van der Waals surface area contributed by atoms with Gasteiger partial charge in [-0.2, -0.15) is 0 Å². The number of nitrogen functional groups attached to an aromatic ring is 1. The number of nitrogens with zero attached hydrogens (tertiary/aromatic N) is 2. The molecule has 1 amide bonds. The molecule has 0 aliphatic carbocycles. The number of primary amides is 1. The first kappa shape index (κ1) is 15.5. The summed E-state index contributed by atoms with van der Waals surface area (Å²) in [5.41, 5.74) is 13.5. The monoisotopic (exact) mass is 327 g/mol. The van der Waals surface area contributed by atoms with Crippen LogP contribution in [-0.2, 0) is 0 Å². The molecule has 2 heterocycles. The van der Waals surface area contributed by atoms with Crippen molar-refractivity contribution in [2.45, 2.75) is 6.92 Å². The number of carbonyl (C=O) groups is 1. The van der Waals surface area contributed by atoms with Gasteiger partial charge in [0.2, 0.25) is 5.95 Å². The topological polar surface area (TPSA) is 120 Å². The van der Waals surface area contributed by atoms with Crippen molar-refractivity contribution in [3.8, 4) is 28.4 Å². The molecule has 5 N–H and O–H groups in total. The summed E-state index contributed by atoms with van der Waals surface area (Å²) in [7, 11) is 0. The number of anilines is 1. The van der Waals surface area contributed by atoms with Crippen LogP contribution in [-0.4, -0.2) is 21.0 Å². The van der Waals surface area contributed by atoms with Gasteiger partial charge in [0.25, 0.3) is 0 Å². The van der Waals surface area contributed by atoms with Crippen molar-refractivity contribution >= 4 is 12.0 Å². The third kappa shape index (κ3) is 3.02. The SMILES string of the molecule is Cc1ccc(F)cc1-c1[nH]c(-c2ccnc(N)n2)cc1OC(N)=O. The molecule has 24 heavy (non-hydrogen) atoms. The number of amides is 1. The number of benzene rings is 1. The van der Waals surface area contributed by atoms with Crippen LogP contribution >= 0.6 is 0 Å². The number of aromatic amines is 1. The molecule has 7 nitrogen and oxygen atoms in total. The van der Waals surface area contributed by atoms with E-state index in [1.807, 2.05) is 6.92 Å². The van der Waals surface area contributed by atoms with Crippen LogP contribution in [0.5, 0.6) is 5.75 Å². The van der Waals surface area contributed by atoms with Crippen molar-refractivity contribution in [1.29, 1.82) is 0 Å². The Kier molecular flexibility index (Phi) is 3.87. The predicted octanol–water partition coefficient (Wildman–Crippen LogP) is 2.63. The van der Waals surface area contributed by atoms with Crippen molar-refractivity contribution < 1.29 is 13.9 Å². The summed E-state index contributed by atoms with van der Waals surface area (Å²) in [5, 5.41) is 0. The molecule has 0 fully saturated rings. The molecule has 0 saturated heterocycles. The van der Waals surface area contributed by atoms with Crippen molar-refractivity contribution in [2.24, 2.45) is 5.73 Å². The third-order valence-corrected chi connectivity index (χ3v) is 3.41. The molecule has 0 saturated carbocycles. The first-order valence-electron chi connectivity index (χ1n) is 7.00. The summed E-state index contributed by atoms with van der Waals surface area (Å²) in [6.45, 7) is 1.81. The maximum absolute atomic E-state index is 13.6. The molecule has 3 rings (SSSR count). The minimum atomic E-state index is -0.974. The number of aromatic nitrogens is 3. The van der Waals surface area contributed by atoms with Gasteiger partial charge in [-0.1, -0.05) is 6.07 Å². The molecule has 0 spiro atoms. The van der Waals surface area contributed by atoms with Gasteiger partial charge in [-0.25, -0.2) is 19.2 Å². The Hall–Kier alpha value is -3.42. The van der Waals surface area contributed by atoms with Crippen molar-refractivity contribution in [3.05, 3.63) is 47.9 Å². The van der Waals surface area contributed by atoms with E-state index in [1.54, 1.807) is 18.2 Å². The van der Waals surface area contributed by atoms with E-state index in [4.69, 9.17) is 16.2 Å². The summed E-state index contributed by atoms with van der Waals surface area (Å²) >= 11 is 0. The Balaban J connectivity index is 2.17. The number of carbonyl (C=O) groups excluding carboxylic acids is 1. The smallest absolute Gasteiger partial charge is 0.408 e. The van der Waals surface area contributed by atoms with Gasteiger partial charge < -0.3 is 21.2 Å².